The summed E-state index contributed by atoms with van der Waals surface area (Å²) in [6.07, 6.45) is 8.50. The highest BCUT2D eigenvalue weighted by Crippen LogP contribution is 2.37. The van der Waals surface area contributed by atoms with E-state index in [0.29, 0.717) is 31.6 Å². The number of nitrogens with one attached hydrogen (secondary N) is 1. The van der Waals surface area contributed by atoms with E-state index in [-0.39, 0.29) is 29.6 Å². The van der Waals surface area contributed by atoms with E-state index < -0.39 is 0 Å². The zero-order chi connectivity index (χ0) is 21.4. The summed E-state index contributed by atoms with van der Waals surface area (Å²) >= 11 is 0. The Morgan fingerprint density at radius 2 is 1.93 bits per heavy atom. The molecule has 1 aliphatic heterocycles. The quantitative estimate of drug-likeness (QED) is 0.816. The molecule has 1 aromatic rings. The van der Waals surface area contributed by atoms with Gasteiger partial charge < -0.3 is 10.2 Å². The lowest BCUT2D eigenvalue weighted by molar-refractivity contribution is -0.131. The minimum atomic E-state index is -0.321. The van der Waals surface area contributed by atoms with Crippen LogP contribution in [0.25, 0.3) is 0 Å². The van der Waals surface area contributed by atoms with Crippen molar-refractivity contribution >= 4 is 11.8 Å². The zero-order valence-electron chi connectivity index (χ0n) is 18.3. The van der Waals surface area contributed by atoms with Gasteiger partial charge in [-0.2, -0.15) is 0 Å². The largest absolute Gasteiger partial charge is 0.354 e. The Balaban J connectivity index is 1.70. The Labute approximate surface area is 180 Å². The lowest BCUT2D eigenvalue weighted by atomic mass is 9.77. The van der Waals surface area contributed by atoms with Crippen LogP contribution in [0.2, 0.25) is 0 Å². The molecule has 1 heterocycles. The first-order valence-corrected chi connectivity index (χ1v) is 11.6. The van der Waals surface area contributed by atoms with Crippen LogP contribution in [-0.2, 0) is 16.0 Å². The summed E-state index contributed by atoms with van der Waals surface area (Å²) in [5, 5.41) is 3.05. The average Bonchev–Trinajstić information content (AvgIpc) is 2.74. The molecule has 6 heteroatoms. The van der Waals surface area contributed by atoms with E-state index in [4.69, 9.17) is 0 Å². The fourth-order valence-electron chi connectivity index (χ4n) is 5.11. The van der Waals surface area contributed by atoms with E-state index in [0.717, 1.165) is 38.8 Å². The van der Waals surface area contributed by atoms with Gasteiger partial charge in [0.25, 0.3) is 0 Å². The molecule has 1 saturated carbocycles. The van der Waals surface area contributed by atoms with E-state index in [2.05, 4.69) is 17.1 Å². The number of hydrogen-bond acceptors (Lipinski definition) is 3. The van der Waals surface area contributed by atoms with Crippen LogP contribution in [0.4, 0.5) is 4.39 Å². The standard InChI is InChI=1S/C24H36FN3O2/c1-2-13-28-15-7-14-27(23(30)18-20-8-6-9-21(25)17-20)16-12-26-22(29)19-24(28)10-4-3-5-11-24/h6,8-9,17H,2-5,7,10-16,18-19H2,1H3,(H,26,29). The van der Waals surface area contributed by atoms with E-state index in [9.17, 15) is 14.0 Å². The molecular weight excluding hydrogens is 381 g/mol. The maximum Gasteiger partial charge on any atom is 0.227 e. The SMILES string of the molecule is CCCN1CCCN(C(=O)Cc2cccc(F)c2)CCNC(=O)CC12CCCCC2. The molecule has 2 amide bonds. The molecule has 3 rings (SSSR count). The topological polar surface area (TPSA) is 52.6 Å². The van der Waals surface area contributed by atoms with Crippen molar-refractivity contribution in [3.8, 4) is 0 Å². The van der Waals surface area contributed by atoms with Crippen molar-refractivity contribution in [2.45, 2.75) is 70.3 Å². The first-order valence-electron chi connectivity index (χ1n) is 11.6. The third kappa shape index (κ3) is 6.03. The smallest absolute Gasteiger partial charge is 0.227 e. The van der Waals surface area contributed by atoms with Gasteiger partial charge in [0.05, 0.1) is 6.42 Å². The van der Waals surface area contributed by atoms with Crippen molar-refractivity contribution in [2.75, 3.05) is 32.7 Å². The highest BCUT2D eigenvalue weighted by Gasteiger charge is 2.39. The fraction of sp³-hybridized carbons (Fsp3) is 0.667. The van der Waals surface area contributed by atoms with E-state index in [1.807, 2.05) is 4.90 Å². The summed E-state index contributed by atoms with van der Waals surface area (Å²) in [4.78, 5) is 30.0. The van der Waals surface area contributed by atoms with Crippen molar-refractivity contribution in [2.24, 2.45) is 0 Å². The first kappa shape index (κ1) is 22.7. The lowest BCUT2D eigenvalue weighted by Gasteiger charge is -2.46. The van der Waals surface area contributed by atoms with Crippen molar-refractivity contribution in [1.82, 2.24) is 15.1 Å². The molecule has 1 spiro atoms. The predicted molar refractivity (Wildman–Crippen MR) is 117 cm³/mol. The van der Waals surface area contributed by atoms with Gasteiger partial charge in [-0.05, 0) is 49.9 Å². The van der Waals surface area contributed by atoms with Crippen LogP contribution in [0.5, 0.6) is 0 Å². The van der Waals surface area contributed by atoms with Crippen molar-refractivity contribution in [3.05, 3.63) is 35.6 Å². The maximum absolute atomic E-state index is 13.5. The van der Waals surface area contributed by atoms with E-state index in [1.165, 1.54) is 31.4 Å². The Kier molecular flexibility index (Phi) is 8.25. The van der Waals surface area contributed by atoms with Gasteiger partial charge in [-0.1, -0.05) is 38.3 Å². The second kappa shape index (κ2) is 10.9. The zero-order valence-corrected chi connectivity index (χ0v) is 18.3. The number of benzene rings is 1. The fourth-order valence-corrected chi connectivity index (χ4v) is 5.11. The molecule has 166 valence electrons. The molecule has 5 nitrogen and oxygen atoms in total. The Bertz CT molecular complexity index is 718. The minimum absolute atomic E-state index is 0.0106. The molecule has 0 radical (unpaired) electrons. The third-order valence-corrected chi connectivity index (χ3v) is 6.60. The number of halogens is 1. The average molecular weight is 418 g/mol. The van der Waals surface area contributed by atoms with Crippen molar-refractivity contribution in [1.29, 1.82) is 0 Å². The summed E-state index contributed by atoms with van der Waals surface area (Å²) < 4.78 is 13.5. The molecule has 0 bridgehead atoms. The monoisotopic (exact) mass is 417 g/mol. The van der Waals surface area contributed by atoms with Gasteiger partial charge in [0.1, 0.15) is 5.82 Å². The van der Waals surface area contributed by atoms with Crippen LogP contribution in [0.1, 0.15) is 63.9 Å². The van der Waals surface area contributed by atoms with Crippen LogP contribution in [-0.4, -0.2) is 59.9 Å². The number of hydrogen-bond donors (Lipinski definition) is 1. The summed E-state index contributed by atoms with van der Waals surface area (Å²) in [7, 11) is 0. The molecule has 2 aliphatic rings. The Hall–Kier alpha value is -1.95. The number of nitrogens with zero attached hydrogens (tertiary/aromatic N) is 2. The van der Waals surface area contributed by atoms with Gasteiger partial charge >= 0.3 is 0 Å². The summed E-state index contributed by atoms with van der Waals surface area (Å²) in [6.45, 7) is 5.73. The molecule has 0 aromatic heterocycles. The lowest BCUT2D eigenvalue weighted by Crippen LogP contribution is -2.53. The molecule has 30 heavy (non-hydrogen) atoms. The minimum Gasteiger partial charge on any atom is -0.354 e. The molecule has 0 atom stereocenters. The number of carbonyl (C=O) groups excluding carboxylic acids is 2. The third-order valence-electron chi connectivity index (χ3n) is 6.60. The molecule has 1 aliphatic carbocycles. The summed E-state index contributed by atoms with van der Waals surface area (Å²) in [5.74, 6) is -0.237. The second-order valence-electron chi connectivity index (χ2n) is 8.84. The van der Waals surface area contributed by atoms with E-state index in [1.54, 1.807) is 12.1 Å². The summed E-state index contributed by atoms with van der Waals surface area (Å²) in [6, 6.07) is 6.23. The van der Waals surface area contributed by atoms with Crippen LogP contribution in [0.15, 0.2) is 24.3 Å². The normalized spacial score (nSPS) is 21.1. The molecule has 0 unspecified atom stereocenters. The highest BCUT2D eigenvalue weighted by atomic mass is 19.1. The van der Waals surface area contributed by atoms with Gasteiger partial charge in [-0.3, -0.25) is 14.5 Å². The molecule has 1 N–H and O–H groups in total. The summed E-state index contributed by atoms with van der Waals surface area (Å²) in [5.41, 5.74) is 0.658. The molecule has 2 fully saturated rings. The number of rotatable bonds is 4. The molecule has 1 saturated heterocycles. The van der Waals surface area contributed by atoms with Gasteiger partial charge in [-0.15, -0.1) is 0 Å². The predicted octanol–water partition coefficient (Wildman–Crippen LogP) is 3.52. The Morgan fingerprint density at radius 3 is 2.67 bits per heavy atom. The van der Waals surface area contributed by atoms with Gasteiger partial charge in [0.2, 0.25) is 11.8 Å². The number of amides is 2. The number of carbonyl (C=O) groups is 2. The van der Waals surface area contributed by atoms with Crippen molar-refractivity contribution < 1.29 is 14.0 Å². The first-order chi connectivity index (χ1) is 14.5. The molecule has 1 aromatic carbocycles. The van der Waals surface area contributed by atoms with Gasteiger partial charge in [0.15, 0.2) is 0 Å². The Morgan fingerprint density at radius 1 is 1.13 bits per heavy atom. The van der Waals surface area contributed by atoms with E-state index >= 15 is 0 Å². The molecular formula is C24H36FN3O2. The van der Waals surface area contributed by atoms with Crippen LogP contribution < -0.4 is 5.32 Å². The van der Waals surface area contributed by atoms with Crippen LogP contribution in [0.3, 0.4) is 0 Å². The van der Waals surface area contributed by atoms with Crippen LogP contribution >= 0.6 is 0 Å². The second-order valence-corrected chi connectivity index (χ2v) is 8.84. The highest BCUT2D eigenvalue weighted by molar-refractivity contribution is 5.79. The van der Waals surface area contributed by atoms with Crippen LogP contribution in [0, 0.1) is 5.82 Å². The maximum atomic E-state index is 13.5. The van der Waals surface area contributed by atoms with Gasteiger partial charge in [0, 0.05) is 38.1 Å². The van der Waals surface area contributed by atoms with Crippen molar-refractivity contribution in [3.63, 3.8) is 0 Å². The van der Waals surface area contributed by atoms with Gasteiger partial charge in [-0.25, -0.2) is 4.39 Å².